The van der Waals surface area contributed by atoms with Crippen LogP contribution in [-0.2, 0) is 7.05 Å². The molecule has 1 amide bonds. The summed E-state index contributed by atoms with van der Waals surface area (Å²) in [7, 11) is 3.45. The molecule has 3 aromatic rings. The lowest BCUT2D eigenvalue weighted by Crippen LogP contribution is -2.16. The van der Waals surface area contributed by atoms with Crippen molar-refractivity contribution in [3.8, 4) is 17.0 Å². The van der Waals surface area contributed by atoms with Crippen molar-refractivity contribution in [3.05, 3.63) is 48.7 Å². The monoisotopic (exact) mass is 297 g/mol. The van der Waals surface area contributed by atoms with Gasteiger partial charge in [-0.1, -0.05) is 12.1 Å². The molecular formula is C15H15N5O2. The van der Waals surface area contributed by atoms with Gasteiger partial charge in [-0.3, -0.25) is 10.1 Å². The summed E-state index contributed by atoms with van der Waals surface area (Å²) in [5.74, 6) is 1.07. The van der Waals surface area contributed by atoms with Gasteiger partial charge in [-0.25, -0.2) is 9.97 Å². The normalized spacial score (nSPS) is 10.5. The van der Waals surface area contributed by atoms with E-state index in [-0.39, 0.29) is 11.7 Å². The van der Waals surface area contributed by atoms with Gasteiger partial charge < -0.3 is 14.3 Å². The predicted molar refractivity (Wildman–Crippen MR) is 81.7 cm³/mol. The molecule has 0 saturated heterocycles. The van der Waals surface area contributed by atoms with Gasteiger partial charge >= 0.3 is 0 Å². The van der Waals surface area contributed by atoms with Gasteiger partial charge in [0.05, 0.1) is 19.0 Å². The molecule has 112 valence electrons. The van der Waals surface area contributed by atoms with E-state index in [1.807, 2.05) is 31.3 Å². The third-order valence-electron chi connectivity index (χ3n) is 3.31. The number of ether oxygens (including phenoxy) is 1. The van der Waals surface area contributed by atoms with Crippen molar-refractivity contribution < 1.29 is 9.53 Å². The van der Waals surface area contributed by atoms with Crippen molar-refractivity contribution in [2.75, 3.05) is 12.4 Å². The average molecular weight is 297 g/mol. The van der Waals surface area contributed by atoms with E-state index in [0.717, 1.165) is 17.0 Å². The Morgan fingerprint density at radius 3 is 2.86 bits per heavy atom. The fourth-order valence-electron chi connectivity index (χ4n) is 2.18. The molecule has 2 N–H and O–H groups in total. The standard InChI is InChI=1S/C15H15N5O2/c1-20-11(10-5-3-4-6-12(10)22-2)9-18-15(20)19-14(21)13-16-7-8-17-13/h3-9H,1-2H3,(H,16,17)(H,18,19,21). The summed E-state index contributed by atoms with van der Waals surface area (Å²) in [4.78, 5) is 22.9. The number of H-pyrrole nitrogens is 1. The van der Waals surface area contributed by atoms with Crippen LogP contribution in [0.3, 0.4) is 0 Å². The lowest BCUT2D eigenvalue weighted by molar-refractivity contribution is 0.101. The molecule has 0 radical (unpaired) electrons. The highest BCUT2D eigenvalue weighted by Crippen LogP contribution is 2.30. The van der Waals surface area contributed by atoms with E-state index in [0.29, 0.717) is 5.95 Å². The molecule has 0 saturated carbocycles. The number of hydrogen-bond donors (Lipinski definition) is 2. The van der Waals surface area contributed by atoms with Crippen molar-refractivity contribution in [2.24, 2.45) is 7.05 Å². The smallest absolute Gasteiger partial charge is 0.293 e. The van der Waals surface area contributed by atoms with Crippen molar-refractivity contribution in [2.45, 2.75) is 0 Å². The van der Waals surface area contributed by atoms with E-state index in [9.17, 15) is 4.79 Å². The van der Waals surface area contributed by atoms with E-state index in [4.69, 9.17) is 4.74 Å². The summed E-state index contributed by atoms with van der Waals surface area (Å²) in [6.07, 6.45) is 4.80. The highest BCUT2D eigenvalue weighted by atomic mass is 16.5. The van der Waals surface area contributed by atoms with Gasteiger partial charge in [0, 0.05) is 25.0 Å². The molecule has 1 aromatic carbocycles. The number of carbonyl (C=O) groups is 1. The van der Waals surface area contributed by atoms with Crippen molar-refractivity contribution in [1.82, 2.24) is 19.5 Å². The summed E-state index contributed by atoms with van der Waals surface area (Å²) in [6.45, 7) is 0. The topological polar surface area (TPSA) is 84.8 Å². The number of nitrogens with zero attached hydrogens (tertiary/aromatic N) is 3. The SMILES string of the molecule is COc1ccccc1-c1cnc(NC(=O)c2ncc[nH]2)n1C. The fraction of sp³-hybridized carbons (Fsp3) is 0.133. The number of methoxy groups -OCH3 is 1. The maximum Gasteiger partial charge on any atom is 0.293 e. The zero-order chi connectivity index (χ0) is 15.5. The Kier molecular flexibility index (Phi) is 3.61. The Bertz CT molecular complexity index is 792. The Morgan fingerprint density at radius 2 is 2.14 bits per heavy atom. The number of para-hydroxylation sites is 1. The number of imidazole rings is 2. The van der Waals surface area contributed by atoms with Crippen LogP contribution in [0.25, 0.3) is 11.3 Å². The van der Waals surface area contributed by atoms with Crippen LogP contribution in [-0.4, -0.2) is 32.5 Å². The Hall–Kier alpha value is -3.09. The van der Waals surface area contributed by atoms with Crippen LogP contribution >= 0.6 is 0 Å². The number of carbonyl (C=O) groups excluding carboxylic acids is 1. The minimum absolute atomic E-state index is 0.238. The van der Waals surface area contributed by atoms with Crippen LogP contribution in [0.2, 0.25) is 0 Å². The van der Waals surface area contributed by atoms with Gasteiger partial charge in [0.25, 0.3) is 5.91 Å². The predicted octanol–water partition coefficient (Wildman–Crippen LogP) is 2.07. The zero-order valence-electron chi connectivity index (χ0n) is 12.2. The second-order valence-electron chi connectivity index (χ2n) is 4.62. The van der Waals surface area contributed by atoms with Gasteiger partial charge in [0.15, 0.2) is 5.82 Å². The van der Waals surface area contributed by atoms with Crippen molar-refractivity contribution in [1.29, 1.82) is 0 Å². The highest BCUT2D eigenvalue weighted by molar-refractivity contribution is 6.00. The molecule has 0 aliphatic heterocycles. The quantitative estimate of drug-likeness (QED) is 0.772. The number of rotatable bonds is 4. The molecule has 7 heteroatoms. The van der Waals surface area contributed by atoms with Gasteiger partial charge in [0.1, 0.15) is 5.75 Å². The molecule has 0 aliphatic carbocycles. The Labute approximate surface area is 127 Å². The zero-order valence-corrected chi connectivity index (χ0v) is 12.2. The largest absolute Gasteiger partial charge is 0.496 e. The average Bonchev–Trinajstić information content (AvgIpc) is 3.18. The molecule has 22 heavy (non-hydrogen) atoms. The number of hydrogen-bond acceptors (Lipinski definition) is 4. The molecule has 0 bridgehead atoms. The van der Waals surface area contributed by atoms with Gasteiger partial charge in [-0.05, 0) is 12.1 Å². The number of aromatic amines is 1. The van der Waals surface area contributed by atoms with Gasteiger partial charge in [-0.2, -0.15) is 0 Å². The van der Waals surface area contributed by atoms with Crippen LogP contribution < -0.4 is 10.1 Å². The number of aromatic nitrogens is 4. The maximum absolute atomic E-state index is 12.0. The molecular weight excluding hydrogens is 282 g/mol. The lowest BCUT2D eigenvalue weighted by Gasteiger charge is -2.10. The van der Waals surface area contributed by atoms with Crippen LogP contribution in [0, 0.1) is 0 Å². The highest BCUT2D eigenvalue weighted by Gasteiger charge is 2.15. The molecule has 0 spiro atoms. The first kappa shape index (κ1) is 13.9. The van der Waals surface area contributed by atoms with E-state index in [1.54, 1.807) is 24.1 Å². The molecule has 2 heterocycles. The minimum atomic E-state index is -0.342. The second kappa shape index (κ2) is 5.72. The van der Waals surface area contributed by atoms with E-state index in [1.165, 1.54) is 6.20 Å². The van der Waals surface area contributed by atoms with Gasteiger partial charge in [-0.15, -0.1) is 0 Å². The van der Waals surface area contributed by atoms with E-state index in [2.05, 4.69) is 20.3 Å². The molecule has 0 fully saturated rings. The van der Waals surface area contributed by atoms with Crippen LogP contribution in [0.5, 0.6) is 5.75 Å². The summed E-state index contributed by atoms with van der Waals surface area (Å²) in [5.41, 5.74) is 1.74. The fourth-order valence-corrected chi connectivity index (χ4v) is 2.18. The first-order valence-corrected chi connectivity index (χ1v) is 6.66. The second-order valence-corrected chi connectivity index (χ2v) is 4.62. The third-order valence-corrected chi connectivity index (χ3v) is 3.31. The van der Waals surface area contributed by atoms with E-state index >= 15 is 0 Å². The Morgan fingerprint density at radius 1 is 1.32 bits per heavy atom. The van der Waals surface area contributed by atoms with Crippen LogP contribution in [0.15, 0.2) is 42.9 Å². The van der Waals surface area contributed by atoms with Crippen molar-refractivity contribution >= 4 is 11.9 Å². The molecule has 7 nitrogen and oxygen atoms in total. The van der Waals surface area contributed by atoms with Gasteiger partial charge in [0.2, 0.25) is 5.95 Å². The first-order chi connectivity index (χ1) is 10.7. The molecule has 0 aliphatic rings. The number of amides is 1. The number of benzene rings is 1. The van der Waals surface area contributed by atoms with E-state index < -0.39 is 0 Å². The van der Waals surface area contributed by atoms with Crippen molar-refractivity contribution in [3.63, 3.8) is 0 Å². The summed E-state index contributed by atoms with van der Waals surface area (Å²) in [6, 6.07) is 7.64. The van der Waals surface area contributed by atoms with Crippen LogP contribution in [0.4, 0.5) is 5.95 Å². The molecule has 3 rings (SSSR count). The molecule has 0 atom stereocenters. The number of anilines is 1. The Balaban J connectivity index is 1.91. The maximum atomic E-state index is 12.0. The molecule has 0 unspecified atom stereocenters. The summed E-state index contributed by atoms with van der Waals surface area (Å²) >= 11 is 0. The molecule has 2 aromatic heterocycles. The summed E-state index contributed by atoms with van der Waals surface area (Å²) < 4.78 is 7.15. The van der Waals surface area contributed by atoms with Crippen LogP contribution in [0.1, 0.15) is 10.6 Å². The number of nitrogens with one attached hydrogen (secondary N) is 2. The summed E-state index contributed by atoms with van der Waals surface area (Å²) in [5, 5.41) is 2.72. The first-order valence-electron chi connectivity index (χ1n) is 6.66. The minimum Gasteiger partial charge on any atom is -0.496 e. The lowest BCUT2D eigenvalue weighted by atomic mass is 10.1. The third kappa shape index (κ3) is 2.44.